The first-order valence-corrected chi connectivity index (χ1v) is 3.55. The monoisotopic (exact) mass is 154 g/mol. The van der Waals surface area contributed by atoms with Gasteiger partial charge in [-0.25, -0.2) is 6.57 Å². The number of nitrogens with zero attached hydrogens (tertiary/aromatic N) is 1. The van der Waals surface area contributed by atoms with Crippen LogP contribution in [0.2, 0.25) is 0 Å². The minimum Gasteiger partial charge on any atom is -0.349 e. The maximum absolute atomic E-state index is 10.8. The van der Waals surface area contributed by atoms with E-state index in [1.54, 1.807) is 0 Å². The molecule has 0 spiro atoms. The Kier molecular flexibility index (Phi) is 3.59. The predicted molar refractivity (Wildman–Crippen MR) is 43.9 cm³/mol. The molecule has 0 bridgehead atoms. The molecule has 0 aliphatic carbocycles. The van der Waals surface area contributed by atoms with Crippen molar-refractivity contribution in [2.45, 2.75) is 20.8 Å². The summed E-state index contributed by atoms with van der Waals surface area (Å²) in [7, 11) is 0. The summed E-state index contributed by atoms with van der Waals surface area (Å²) in [5.41, 5.74) is 0.0949. The number of rotatable bonds is 2. The van der Waals surface area contributed by atoms with E-state index < -0.39 is 0 Å². The van der Waals surface area contributed by atoms with Gasteiger partial charge in [-0.15, -0.1) is 0 Å². The first-order chi connectivity index (χ1) is 4.95. The summed E-state index contributed by atoms with van der Waals surface area (Å²) in [5.74, 6) is -0.185. The molecule has 62 valence electrons. The van der Waals surface area contributed by atoms with Crippen LogP contribution in [0, 0.1) is 12.0 Å². The fourth-order valence-electron chi connectivity index (χ4n) is 0.491. The van der Waals surface area contributed by atoms with Gasteiger partial charge in [0.2, 0.25) is 0 Å². The van der Waals surface area contributed by atoms with Crippen molar-refractivity contribution in [2.24, 2.45) is 5.41 Å². The SMILES string of the molecule is [C-]#[N+]CC(=O)NCC(C)(C)C. The molecule has 0 unspecified atom stereocenters. The summed E-state index contributed by atoms with van der Waals surface area (Å²) in [6.07, 6.45) is 0. The largest absolute Gasteiger partial charge is 0.349 e. The zero-order chi connectivity index (χ0) is 8.91. The van der Waals surface area contributed by atoms with Crippen molar-refractivity contribution < 1.29 is 4.79 Å². The second-order valence-corrected chi connectivity index (χ2v) is 3.65. The van der Waals surface area contributed by atoms with Gasteiger partial charge < -0.3 is 10.2 Å². The van der Waals surface area contributed by atoms with E-state index in [1.807, 2.05) is 20.8 Å². The Bertz CT molecular complexity index is 174. The van der Waals surface area contributed by atoms with Crippen molar-refractivity contribution >= 4 is 5.91 Å². The Labute approximate surface area is 67.6 Å². The van der Waals surface area contributed by atoms with E-state index in [0.29, 0.717) is 6.54 Å². The van der Waals surface area contributed by atoms with E-state index in [-0.39, 0.29) is 17.9 Å². The average Bonchev–Trinajstić information content (AvgIpc) is 1.83. The lowest BCUT2D eigenvalue weighted by Crippen LogP contribution is -2.33. The van der Waals surface area contributed by atoms with Gasteiger partial charge >= 0.3 is 0 Å². The molecule has 0 aliphatic heterocycles. The van der Waals surface area contributed by atoms with Crippen LogP contribution in [0.5, 0.6) is 0 Å². The van der Waals surface area contributed by atoms with Gasteiger partial charge in [0.15, 0.2) is 0 Å². The van der Waals surface area contributed by atoms with Crippen LogP contribution in [0.1, 0.15) is 20.8 Å². The molecule has 1 N–H and O–H groups in total. The highest BCUT2D eigenvalue weighted by Gasteiger charge is 2.12. The smallest absolute Gasteiger partial charge is 0.300 e. The van der Waals surface area contributed by atoms with Crippen LogP contribution in [-0.4, -0.2) is 19.0 Å². The Hall–Kier alpha value is -1.04. The molecule has 0 saturated heterocycles. The van der Waals surface area contributed by atoms with Crippen molar-refractivity contribution in [3.63, 3.8) is 0 Å². The normalized spacial score (nSPS) is 10.4. The Morgan fingerprint density at radius 1 is 1.55 bits per heavy atom. The molecule has 0 radical (unpaired) electrons. The fourth-order valence-corrected chi connectivity index (χ4v) is 0.491. The van der Waals surface area contributed by atoms with Crippen LogP contribution in [-0.2, 0) is 4.79 Å². The van der Waals surface area contributed by atoms with E-state index in [9.17, 15) is 4.79 Å². The Balaban J connectivity index is 3.57. The number of carbonyl (C=O) groups excluding carboxylic acids is 1. The Morgan fingerprint density at radius 3 is 2.45 bits per heavy atom. The molecule has 0 aliphatic rings. The molecular weight excluding hydrogens is 140 g/mol. The summed E-state index contributed by atoms with van der Waals surface area (Å²) in [4.78, 5) is 13.7. The van der Waals surface area contributed by atoms with Crippen LogP contribution >= 0.6 is 0 Å². The van der Waals surface area contributed by atoms with Gasteiger partial charge in [-0.1, -0.05) is 20.8 Å². The predicted octanol–water partition coefficient (Wildman–Crippen LogP) is 1.07. The zero-order valence-electron chi connectivity index (χ0n) is 7.27. The lowest BCUT2D eigenvalue weighted by molar-refractivity contribution is -0.119. The molecular formula is C8H14N2O. The lowest BCUT2D eigenvalue weighted by atomic mass is 9.97. The number of hydrogen-bond acceptors (Lipinski definition) is 1. The first-order valence-electron chi connectivity index (χ1n) is 3.55. The van der Waals surface area contributed by atoms with E-state index >= 15 is 0 Å². The van der Waals surface area contributed by atoms with Crippen molar-refractivity contribution in [3.8, 4) is 0 Å². The maximum Gasteiger partial charge on any atom is 0.300 e. The van der Waals surface area contributed by atoms with Gasteiger partial charge in [-0.2, -0.15) is 0 Å². The van der Waals surface area contributed by atoms with Gasteiger partial charge in [0.05, 0.1) is 0 Å². The van der Waals surface area contributed by atoms with Gasteiger partial charge in [-0.3, -0.25) is 4.79 Å². The van der Waals surface area contributed by atoms with Crippen molar-refractivity contribution in [3.05, 3.63) is 11.4 Å². The van der Waals surface area contributed by atoms with E-state index in [4.69, 9.17) is 6.57 Å². The molecule has 0 aromatic heterocycles. The van der Waals surface area contributed by atoms with Gasteiger partial charge in [0.25, 0.3) is 12.5 Å². The van der Waals surface area contributed by atoms with Gasteiger partial charge in [0, 0.05) is 6.54 Å². The lowest BCUT2D eigenvalue weighted by Gasteiger charge is -2.17. The average molecular weight is 154 g/mol. The molecule has 0 fully saturated rings. The summed E-state index contributed by atoms with van der Waals surface area (Å²) >= 11 is 0. The fraction of sp³-hybridized carbons (Fsp3) is 0.750. The maximum atomic E-state index is 10.8. The molecule has 0 atom stereocenters. The van der Waals surface area contributed by atoms with Gasteiger partial charge in [0.1, 0.15) is 0 Å². The van der Waals surface area contributed by atoms with Crippen molar-refractivity contribution in [1.82, 2.24) is 5.32 Å². The minimum absolute atomic E-state index is 0.0594. The number of hydrogen-bond donors (Lipinski definition) is 1. The van der Waals surface area contributed by atoms with Crippen LogP contribution in [0.25, 0.3) is 4.85 Å². The summed E-state index contributed by atoms with van der Waals surface area (Å²) < 4.78 is 0. The second-order valence-electron chi connectivity index (χ2n) is 3.65. The Morgan fingerprint density at radius 2 is 2.09 bits per heavy atom. The molecule has 11 heavy (non-hydrogen) atoms. The van der Waals surface area contributed by atoms with Crippen molar-refractivity contribution in [1.29, 1.82) is 0 Å². The van der Waals surface area contributed by atoms with Crippen molar-refractivity contribution in [2.75, 3.05) is 13.1 Å². The van der Waals surface area contributed by atoms with E-state index in [2.05, 4.69) is 10.2 Å². The molecule has 1 amide bonds. The topological polar surface area (TPSA) is 33.5 Å². The molecule has 0 aromatic carbocycles. The highest BCUT2D eigenvalue weighted by atomic mass is 16.1. The third-order valence-corrected chi connectivity index (χ3v) is 1.04. The van der Waals surface area contributed by atoms with E-state index in [0.717, 1.165) is 0 Å². The molecule has 3 heteroatoms. The molecule has 3 nitrogen and oxygen atoms in total. The van der Waals surface area contributed by atoms with Crippen LogP contribution < -0.4 is 5.32 Å². The number of amides is 1. The highest BCUT2D eigenvalue weighted by Crippen LogP contribution is 2.09. The number of carbonyl (C=O) groups is 1. The molecule has 0 aromatic rings. The molecule has 0 heterocycles. The summed E-state index contributed by atoms with van der Waals surface area (Å²) in [5, 5.41) is 2.67. The van der Waals surface area contributed by atoms with Crippen LogP contribution in [0.15, 0.2) is 0 Å². The highest BCUT2D eigenvalue weighted by molar-refractivity contribution is 5.79. The number of nitrogens with one attached hydrogen (secondary N) is 1. The van der Waals surface area contributed by atoms with Crippen LogP contribution in [0.3, 0.4) is 0 Å². The third-order valence-electron chi connectivity index (χ3n) is 1.04. The third kappa shape index (κ3) is 6.85. The second kappa shape index (κ2) is 3.97. The summed E-state index contributed by atoms with van der Waals surface area (Å²) in [6.45, 7) is 13.1. The van der Waals surface area contributed by atoms with E-state index in [1.165, 1.54) is 0 Å². The minimum atomic E-state index is -0.185. The molecule has 0 saturated carbocycles. The standard InChI is InChI=1S/C8H14N2O/c1-8(2,3)6-10-7(11)5-9-4/h5-6H2,1-3H3,(H,10,11). The quantitative estimate of drug-likeness (QED) is 0.593. The van der Waals surface area contributed by atoms with Gasteiger partial charge in [-0.05, 0) is 5.41 Å². The molecule has 0 rings (SSSR count). The summed E-state index contributed by atoms with van der Waals surface area (Å²) in [6, 6.07) is 0. The first kappa shape index (κ1) is 9.96. The van der Waals surface area contributed by atoms with Crippen LogP contribution in [0.4, 0.5) is 0 Å². The zero-order valence-corrected chi connectivity index (χ0v) is 7.27.